The first-order valence-corrected chi connectivity index (χ1v) is 6.22. The summed E-state index contributed by atoms with van der Waals surface area (Å²) >= 11 is 1.64. The summed E-state index contributed by atoms with van der Waals surface area (Å²) in [5.74, 6) is 0.950. The number of ether oxygens (including phenoxy) is 1. The van der Waals surface area contributed by atoms with E-state index in [1.807, 2.05) is 5.38 Å². The number of anilines is 1. The second-order valence-corrected chi connectivity index (χ2v) is 4.93. The molecule has 1 aliphatic carbocycles. The predicted octanol–water partition coefficient (Wildman–Crippen LogP) is 2.28. The van der Waals surface area contributed by atoms with Crippen LogP contribution < -0.4 is 5.32 Å². The van der Waals surface area contributed by atoms with Crippen molar-refractivity contribution in [3.05, 3.63) is 17.8 Å². The molecule has 0 bridgehead atoms. The number of nitrogens with zero attached hydrogens (tertiary/aromatic N) is 2. The highest BCUT2D eigenvalue weighted by Crippen LogP contribution is 2.29. The molecule has 2 aromatic rings. The Morgan fingerprint density at radius 3 is 3.12 bits per heavy atom. The summed E-state index contributed by atoms with van der Waals surface area (Å²) in [5.41, 5.74) is 0. The van der Waals surface area contributed by atoms with Gasteiger partial charge in [-0.15, -0.1) is 11.3 Å². The Kier molecular flexibility index (Phi) is 2.49. The molecule has 0 aromatic carbocycles. The van der Waals surface area contributed by atoms with Crippen molar-refractivity contribution in [2.45, 2.75) is 25.0 Å². The average molecular weight is 235 g/mol. The van der Waals surface area contributed by atoms with Crippen LogP contribution in [0.1, 0.15) is 12.8 Å². The Labute approximate surface area is 97.7 Å². The van der Waals surface area contributed by atoms with Crippen molar-refractivity contribution >= 4 is 27.4 Å². The Hall–Kier alpha value is -1.20. The van der Waals surface area contributed by atoms with E-state index < -0.39 is 0 Å². The molecule has 4 nitrogen and oxygen atoms in total. The zero-order valence-electron chi connectivity index (χ0n) is 9.01. The fraction of sp³-hybridized carbons (Fsp3) is 0.455. The molecule has 0 unspecified atom stereocenters. The van der Waals surface area contributed by atoms with Crippen molar-refractivity contribution in [3.8, 4) is 0 Å². The molecular formula is C11H13N3OS. The summed E-state index contributed by atoms with van der Waals surface area (Å²) in [6.45, 7) is 0. The standard InChI is InChI=1S/C11H13N3OS/c1-15-8-4-7(5-8)14-10-9-2-3-16-11(9)13-6-12-10/h2-3,6-8H,4-5H2,1H3,(H,12,13,14). The Morgan fingerprint density at radius 1 is 1.44 bits per heavy atom. The van der Waals surface area contributed by atoms with Gasteiger partial charge >= 0.3 is 0 Å². The maximum absolute atomic E-state index is 5.26. The SMILES string of the molecule is COC1CC(Nc2ncnc3sccc23)C1. The molecule has 1 aliphatic rings. The molecule has 1 N–H and O–H groups in total. The van der Waals surface area contributed by atoms with E-state index in [1.54, 1.807) is 24.8 Å². The lowest BCUT2D eigenvalue weighted by Gasteiger charge is -2.34. The second kappa shape index (κ2) is 3.99. The number of methoxy groups -OCH3 is 1. The van der Waals surface area contributed by atoms with Crippen molar-refractivity contribution in [2.75, 3.05) is 12.4 Å². The molecule has 2 heterocycles. The van der Waals surface area contributed by atoms with E-state index >= 15 is 0 Å². The smallest absolute Gasteiger partial charge is 0.138 e. The van der Waals surface area contributed by atoms with Crippen molar-refractivity contribution < 1.29 is 4.74 Å². The molecule has 5 heteroatoms. The third kappa shape index (κ3) is 1.66. The molecule has 2 aromatic heterocycles. The molecule has 84 valence electrons. The highest BCUT2D eigenvalue weighted by atomic mass is 32.1. The van der Waals surface area contributed by atoms with Crippen LogP contribution in [0.5, 0.6) is 0 Å². The first-order valence-electron chi connectivity index (χ1n) is 5.34. The van der Waals surface area contributed by atoms with E-state index in [9.17, 15) is 0 Å². The number of nitrogens with one attached hydrogen (secondary N) is 1. The van der Waals surface area contributed by atoms with Gasteiger partial charge in [0.05, 0.1) is 11.5 Å². The summed E-state index contributed by atoms with van der Waals surface area (Å²) in [6, 6.07) is 2.55. The summed E-state index contributed by atoms with van der Waals surface area (Å²) in [7, 11) is 1.77. The number of hydrogen-bond donors (Lipinski definition) is 1. The molecule has 3 rings (SSSR count). The molecule has 0 atom stereocenters. The maximum atomic E-state index is 5.26. The van der Waals surface area contributed by atoms with Crippen LogP contribution in [0.15, 0.2) is 17.8 Å². The lowest BCUT2D eigenvalue weighted by molar-refractivity contribution is 0.0328. The maximum Gasteiger partial charge on any atom is 0.138 e. The van der Waals surface area contributed by atoms with Gasteiger partial charge in [0.25, 0.3) is 0 Å². The fourth-order valence-corrected chi connectivity index (χ4v) is 2.71. The number of fused-ring (bicyclic) bond motifs is 1. The quantitative estimate of drug-likeness (QED) is 0.886. The van der Waals surface area contributed by atoms with Crippen LogP contribution in [0.3, 0.4) is 0 Å². The minimum Gasteiger partial charge on any atom is -0.381 e. The first-order chi connectivity index (χ1) is 7.86. The molecule has 0 radical (unpaired) electrons. The van der Waals surface area contributed by atoms with Gasteiger partial charge in [-0.25, -0.2) is 9.97 Å². The monoisotopic (exact) mass is 235 g/mol. The van der Waals surface area contributed by atoms with E-state index in [4.69, 9.17) is 4.74 Å². The zero-order valence-corrected chi connectivity index (χ0v) is 9.83. The summed E-state index contributed by atoms with van der Waals surface area (Å²) in [4.78, 5) is 9.56. The van der Waals surface area contributed by atoms with Crippen molar-refractivity contribution in [1.29, 1.82) is 0 Å². The minimum atomic E-state index is 0.414. The second-order valence-electron chi connectivity index (χ2n) is 4.03. The van der Waals surface area contributed by atoms with Crippen LogP contribution in [0, 0.1) is 0 Å². The third-order valence-corrected chi connectivity index (χ3v) is 3.85. The van der Waals surface area contributed by atoms with Crippen LogP contribution >= 0.6 is 11.3 Å². The van der Waals surface area contributed by atoms with Crippen LogP contribution in [0.2, 0.25) is 0 Å². The molecule has 1 fully saturated rings. The predicted molar refractivity (Wildman–Crippen MR) is 64.9 cm³/mol. The molecule has 0 aliphatic heterocycles. The van der Waals surface area contributed by atoms with Crippen LogP contribution in [0.4, 0.5) is 5.82 Å². The summed E-state index contributed by atoms with van der Waals surface area (Å²) < 4.78 is 5.26. The highest BCUT2D eigenvalue weighted by Gasteiger charge is 2.29. The van der Waals surface area contributed by atoms with E-state index in [0.717, 1.165) is 28.9 Å². The molecule has 1 saturated carbocycles. The van der Waals surface area contributed by atoms with Gasteiger partial charge in [0.15, 0.2) is 0 Å². The molecule has 0 saturated heterocycles. The summed E-state index contributed by atoms with van der Waals surface area (Å²) in [5, 5.41) is 6.61. The average Bonchev–Trinajstić information content (AvgIpc) is 2.71. The Bertz CT molecular complexity index is 493. The van der Waals surface area contributed by atoms with E-state index in [2.05, 4.69) is 21.4 Å². The van der Waals surface area contributed by atoms with Crippen LogP contribution in [-0.4, -0.2) is 29.2 Å². The number of rotatable bonds is 3. The normalized spacial score (nSPS) is 24.3. The van der Waals surface area contributed by atoms with Gasteiger partial charge in [0, 0.05) is 13.2 Å². The van der Waals surface area contributed by atoms with Gasteiger partial charge < -0.3 is 10.1 Å². The molecular weight excluding hydrogens is 222 g/mol. The minimum absolute atomic E-state index is 0.414. The third-order valence-electron chi connectivity index (χ3n) is 3.03. The number of thiophene rings is 1. The number of aromatic nitrogens is 2. The molecule has 0 amide bonds. The fourth-order valence-electron chi connectivity index (χ4n) is 1.97. The van der Waals surface area contributed by atoms with Crippen molar-refractivity contribution in [1.82, 2.24) is 9.97 Å². The van der Waals surface area contributed by atoms with Gasteiger partial charge in [0.2, 0.25) is 0 Å². The zero-order chi connectivity index (χ0) is 11.0. The molecule has 16 heavy (non-hydrogen) atoms. The Morgan fingerprint density at radius 2 is 2.31 bits per heavy atom. The first kappa shape index (κ1) is 9.99. The molecule has 0 spiro atoms. The van der Waals surface area contributed by atoms with E-state index in [-0.39, 0.29) is 0 Å². The van der Waals surface area contributed by atoms with Gasteiger partial charge in [-0.1, -0.05) is 0 Å². The lowest BCUT2D eigenvalue weighted by atomic mass is 9.89. The van der Waals surface area contributed by atoms with Gasteiger partial charge in [-0.05, 0) is 24.3 Å². The van der Waals surface area contributed by atoms with Gasteiger partial charge in [0.1, 0.15) is 17.0 Å². The highest BCUT2D eigenvalue weighted by molar-refractivity contribution is 7.16. The van der Waals surface area contributed by atoms with Crippen LogP contribution in [-0.2, 0) is 4.74 Å². The van der Waals surface area contributed by atoms with Gasteiger partial charge in [-0.3, -0.25) is 0 Å². The summed E-state index contributed by atoms with van der Waals surface area (Å²) in [6.07, 6.45) is 4.16. The van der Waals surface area contributed by atoms with Crippen LogP contribution in [0.25, 0.3) is 10.2 Å². The lowest BCUT2D eigenvalue weighted by Crippen LogP contribution is -2.40. The van der Waals surface area contributed by atoms with Crippen molar-refractivity contribution in [3.63, 3.8) is 0 Å². The van der Waals surface area contributed by atoms with Gasteiger partial charge in [-0.2, -0.15) is 0 Å². The van der Waals surface area contributed by atoms with E-state index in [0.29, 0.717) is 12.1 Å². The van der Waals surface area contributed by atoms with Crippen molar-refractivity contribution in [2.24, 2.45) is 0 Å². The topological polar surface area (TPSA) is 47.0 Å². The van der Waals surface area contributed by atoms with E-state index in [1.165, 1.54) is 0 Å². The Balaban J connectivity index is 1.77. The largest absolute Gasteiger partial charge is 0.381 e. The number of hydrogen-bond acceptors (Lipinski definition) is 5.